The summed E-state index contributed by atoms with van der Waals surface area (Å²) >= 11 is 1.85. The third kappa shape index (κ3) is 5.78. The van der Waals surface area contributed by atoms with Crippen molar-refractivity contribution in [3.05, 3.63) is 205 Å². The Morgan fingerprint density at radius 2 is 0.931 bits per heavy atom. The molecule has 1 aliphatic carbocycles. The number of fused-ring (bicyclic) bond motifs is 6. The number of aromatic nitrogens is 2. The van der Waals surface area contributed by atoms with Gasteiger partial charge in [0.05, 0.1) is 11.4 Å². The maximum absolute atomic E-state index is 5.29. The van der Waals surface area contributed by atoms with Crippen molar-refractivity contribution in [3.8, 4) is 78.4 Å². The largest absolute Gasteiger partial charge is 0.228 e. The van der Waals surface area contributed by atoms with Crippen LogP contribution in [-0.4, -0.2) is 9.97 Å². The Hall–Kier alpha value is -6.94. The Bertz CT molecular complexity index is 3180. The molecule has 2 heterocycles. The van der Waals surface area contributed by atoms with Crippen LogP contribution in [0.4, 0.5) is 0 Å². The van der Waals surface area contributed by atoms with Crippen LogP contribution in [0.3, 0.4) is 0 Å². The quantitative estimate of drug-likeness (QED) is 0.169. The Balaban J connectivity index is 1.05. The molecule has 274 valence electrons. The van der Waals surface area contributed by atoms with Crippen molar-refractivity contribution in [1.29, 1.82) is 0 Å². The maximum Gasteiger partial charge on any atom is 0.160 e. The second-order valence-corrected chi connectivity index (χ2v) is 16.9. The van der Waals surface area contributed by atoms with E-state index in [9.17, 15) is 0 Å². The predicted octanol–water partition coefficient (Wildman–Crippen LogP) is 15.2. The van der Waals surface area contributed by atoms with Gasteiger partial charge in [-0.1, -0.05) is 166 Å². The molecular formula is C55H38N2S. The normalized spacial score (nSPS) is 12.8. The van der Waals surface area contributed by atoms with Crippen molar-refractivity contribution in [2.75, 3.05) is 0 Å². The van der Waals surface area contributed by atoms with Crippen LogP contribution in [0.15, 0.2) is 194 Å². The number of hydrogen-bond acceptors (Lipinski definition) is 3. The summed E-state index contributed by atoms with van der Waals surface area (Å²) in [7, 11) is 0. The summed E-state index contributed by atoms with van der Waals surface area (Å²) < 4.78 is 2.59. The van der Waals surface area contributed by atoms with Crippen LogP contribution in [0.2, 0.25) is 0 Å². The SMILES string of the molecule is CC1(C)c2ccccc2-c2ccc(-c3ccc(-c4cc(-c5cc(-c6ccccc6)cc(-c6cccc7sc8ccccc8c67)c5)nc(-c5ccccc5)n4)cc3)cc21. The fourth-order valence-corrected chi connectivity index (χ4v) is 10.1. The van der Waals surface area contributed by atoms with Crippen LogP contribution in [0.1, 0.15) is 25.0 Å². The van der Waals surface area contributed by atoms with Gasteiger partial charge in [-0.15, -0.1) is 11.3 Å². The Morgan fingerprint density at radius 3 is 1.74 bits per heavy atom. The van der Waals surface area contributed by atoms with E-state index < -0.39 is 0 Å². The van der Waals surface area contributed by atoms with E-state index in [1.54, 1.807) is 0 Å². The molecule has 0 amide bonds. The Morgan fingerprint density at radius 1 is 0.362 bits per heavy atom. The Labute approximate surface area is 342 Å². The predicted molar refractivity (Wildman–Crippen MR) is 245 cm³/mol. The summed E-state index contributed by atoms with van der Waals surface area (Å²) in [5.74, 6) is 0.704. The van der Waals surface area contributed by atoms with Gasteiger partial charge in [-0.05, 0) is 98.1 Å². The average Bonchev–Trinajstić information content (AvgIpc) is 3.78. The lowest BCUT2D eigenvalue weighted by atomic mass is 9.81. The van der Waals surface area contributed by atoms with E-state index in [-0.39, 0.29) is 5.41 Å². The third-order valence-corrected chi connectivity index (χ3v) is 13.0. The van der Waals surface area contributed by atoms with Gasteiger partial charge in [0.1, 0.15) is 0 Å². The molecule has 0 aliphatic heterocycles. The Kier molecular flexibility index (Phi) is 8.06. The zero-order chi connectivity index (χ0) is 38.8. The van der Waals surface area contributed by atoms with Gasteiger partial charge in [-0.25, -0.2) is 9.97 Å². The molecule has 0 N–H and O–H groups in total. The smallest absolute Gasteiger partial charge is 0.160 e. The highest BCUT2D eigenvalue weighted by atomic mass is 32.1. The van der Waals surface area contributed by atoms with Crippen molar-refractivity contribution in [1.82, 2.24) is 9.97 Å². The van der Waals surface area contributed by atoms with Crippen molar-refractivity contribution in [2.24, 2.45) is 0 Å². The molecule has 0 unspecified atom stereocenters. The van der Waals surface area contributed by atoms with Crippen LogP contribution in [0.5, 0.6) is 0 Å². The number of nitrogens with zero attached hydrogens (tertiary/aromatic N) is 2. The summed E-state index contributed by atoms with van der Waals surface area (Å²) in [5, 5.41) is 2.58. The van der Waals surface area contributed by atoms with Crippen LogP contribution >= 0.6 is 11.3 Å². The fraction of sp³-hybridized carbons (Fsp3) is 0.0545. The molecule has 1 aliphatic rings. The number of benzene rings is 8. The molecule has 2 nitrogen and oxygen atoms in total. The zero-order valence-corrected chi connectivity index (χ0v) is 33.1. The monoisotopic (exact) mass is 758 g/mol. The molecule has 0 radical (unpaired) electrons. The van der Waals surface area contributed by atoms with E-state index in [0.29, 0.717) is 5.82 Å². The molecule has 8 aromatic carbocycles. The average molecular weight is 759 g/mol. The minimum Gasteiger partial charge on any atom is -0.228 e. The van der Waals surface area contributed by atoms with Crippen molar-refractivity contribution >= 4 is 31.5 Å². The molecule has 0 saturated heterocycles. The standard InChI is InChI=1S/C55H38N2S/c1-55(2)47-21-11-9-18-44(47)45-29-28-39(33-48(45)55)36-24-26-37(27-25-36)49-34-50(57-54(56-49)38-16-7-4-8-17-38)42-31-40(35-14-5-3-6-15-35)30-41(32-42)43-20-13-23-52-53(43)46-19-10-12-22-51(46)58-52/h3-34H,1-2H3. The lowest BCUT2D eigenvalue weighted by molar-refractivity contribution is 0.660. The second kappa shape index (κ2) is 13.6. The van der Waals surface area contributed by atoms with E-state index in [1.165, 1.54) is 64.7 Å². The highest BCUT2D eigenvalue weighted by Gasteiger charge is 2.35. The minimum atomic E-state index is -0.0469. The zero-order valence-electron chi connectivity index (χ0n) is 32.3. The molecule has 0 fully saturated rings. The van der Waals surface area contributed by atoms with Crippen LogP contribution < -0.4 is 0 Å². The number of rotatable bonds is 6. The number of hydrogen-bond donors (Lipinski definition) is 0. The first kappa shape index (κ1) is 34.3. The highest BCUT2D eigenvalue weighted by molar-refractivity contribution is 7.25. The highest BCUT2D eigenvalue weighted by Crippen LogP contribution is 2.49. The van der Waals surface area contributed by atoms with Crippen LogP contribution in [0.25, 0.3) is 98.6 Å². The summed E-state index contributed by atoms with van der Waals surface area (Å²) in [6.07, 6.45) is 0. The molecule has 0 saturated carbocycles. The van der Waals surface area contributed by atoms with Crippen LogP contribution in [-0.2, 0) is 5.41 Å². The van der Waals surface area contributed by atoms with Crippen molar-refractivity contribution < 1.29 is 0 Å². The molecule has 0 atom stereocenters. The van der Waals surface area contributed by atoms with E-state index in [4.69, 9.17) is 9.97 Å². The van der Waals surface area contributed by atoms with Gasteiger partial charge in [-0.2, -0.15) is 0 Å². The molecular weight excluding hydrogens is 721 g/mol. The fourth-order valence-electron chi connectivity index (χ4n) is 8.92. The lowest BCUT2D eigenvalue weighted by Gasteiger charge is -2.22. The van der Waals surface area contributed by atoms with Crippen molar-refractivity contribution in [3.63, 3.8) is 0 Å². The first-order valence-electron chi connectivity index (χ1n) is 19.9. The van der Waals surface area contributed by atoms with Gasteiger partial charge < -0.3 is 0 Å². The maximum atomic E-state index is 5.29. The van der Waals surface area contributed by atoms with Gasteiger partial charge in [0, 0.05) is 42.3 Å². The van der Waals surface area contributed by atoms with Crippen LogP contribution in [0, 0.1) is 0 Å². The lowest BCUT2D eigenvalue weighted by Crippen LogP contribution is -2.14. The molecule has 0 bridgehead atoms. The van der Waals surface area contributed by atoms with E-state index >= 15 is 0 Å². The first-order chi connectivity index (χ1) is 28.5. The first-order valence-corrected chi connectivity index (χ1v) is 20.7. The molecule has 2 aromatic heterocycles. The number of thiophene rings is 1. The topological polar surface area (TPSA) is 25.8 Å². The molecule has 3 heteroatoms. The molecule has 10 aromatic rings. The van der Waals surface area contributed by atoms with Gasteiger partial charge >= 0.3 is 0 Å². The molecule has 11 rings (SSSR count). The third-order valence-electron chi connectivity index (χ3n) is 11.9. The van der Waals surface area contributed by atoms with E-state index in [0.717, 1.165) is 39.2 Å². The van der Waals surface area contributed by atoms with Gasteiger partial charge in [0.2, 0.25) is 0 Å². The van der Waals surface area contributed by atoms with Gasteiger partial charge in [-0.3, -0.25) is 0 Å². The summed E-state index contributed by atoms with van der Waals surface area (Å²) in [6, 6.07) is 70.1. The summed E-state index contributed by atoms with van der Waals surface area (Å²) in [5.41, 5.74) is 17.4. The summed E-state index contributed by atoms with van der Waals surface area (Å²) in [4.78, 5) is 10.5. The molecule has 58 heavy (non-hydrogen) atoms. The van der Waals surface area contributed by atoms with Crippen molar-refractivity contribution in [2.45, 2.75) is 19.3 Å². The minimum absolute atomic E-state index is 0.0469. The second-order valence-electron chi connectivity index (χ2n) is 15.8. The molecule has 0 spiro atoms. The van der Waals surface area contributed by atoms with Gasteiger partial charge in [0.25, 0.3) is 0 Å². The van der Waals surface area contributed by atoms with E-state index in [1.807, 2.05) is 17.4 Å². The summed E-state index contributed by atoms with van der Waals surface area (Å²) in [6.45, 7) is 4.68. The van der Waals surface area contributed by atoms with Gasteiger partial charge in [0.15, 0.2) is 5.82 Å². The van der Waals surface area contributed by atoms with E-state index in [2.05, 4.69) is 202 Å².